The van der Waals surface area contributed by atoms with E-state index >= 15 is 0 Å². The molecule has 2 atom stereocenters. The quantitative estimate of drug-likeness (QED) is 0.620. The molecule has 0 bridgehead atoms. The minimum absolute atomic E-state index is 0.146. The van der Waals surface area contributed by atoms with Gasteiger partial charge in [-0.15, -0.1) is 0 Å². The second-order valence-corrected chi connectivity index (χ2v) is 8.90. The predicted octanol–water partition coefficient (Wildman–Crippen LogP) is 4.24. The Morgan fingerprint density at radius 3 is 2.55 bits per heavy atom. The van der Waals surface area contributed by atoms with Crippen molar-refractivity contribution in [3.63, 3.8) is 0 Å². The number of nitrogens with zero attached hydrogens (tertiary/aromatic N) is 2. The lowest BCUT2D eigenvalue weighted by molar-refractivity contribution is -0.122. The van der Waals surface area contributed by atoms with E-state index in [9.17, 15) is 14.4 Å². The number of hydrogen-bond donors (Lipinski definition) is 1. The predicted molar refractivity (Wildman–Crippen MR) is 119 cm³/mol. The molecule has 0 unspecified atom stereocenters. The highest BCUT2D eigenvalue weighted by Crippen LogP contribution is 2.40. The topological polar surface area (TPSA) is 88.6 Å². The van der Waals surface area contributed by atoms with E-state index in [1.807, 2.05) is 18.2 Å². The number of hydrogen-bond acceptors (Lipinski definition) is 6. The molecular formula is C23H21N3O4S. The largest absolute Gasteiger partial charge is 0.497 e. The summed E-state index contributed by atoms with van der Waals surface area (Å²) in [5.74, 6) is -0.358. The Balaban J connectivity index is 1.38. The van der Waals surface area contributed by atoms with Crippen LogP contribution in [0.1, 0.15) is 36.0 Å². The second-order valence-electron chi connectivity index (χ2n) is 7.87. The van der Waals surface area contributed by atoms with Crippen molar-refractivity contribution < 1.29 is 19.1 Å². The Morgan fingerprint density at radius 1 is 1.10 bits per heavy atom. The molecule has 1 aromatic heterocycles. The molecule has 8 heteroatoms. The minimum atomic E-state index is -0.343. The van der Waals surface area contributed by atoms with Gasteiger partial charge in [-0.2, -0.15) is 0 Å². The molecule has 1 saturated heterocycles. The Bertz CT molecular complexity index is 1180. The standard InChI is InChI=1S/C23H21N3O4S/c1-30-15-9-10-18-19(12-15)31-23(24-18)25-20(27)13-5-4-6-14(11-13)26-21(28)16-7-2-3-8-17(16)22(26)29/h4-6,9-12,16-17H,2-3,7-8H2,1H3,(H,24,25,27)/t16-,17+. The van der Waals surface area contributed by atoms with E-state index in [2.05, 4.69) is 10.3 Å². The normalized spacial score (nSPS) is 20.7. The average molecular weight is 436 g/mol. The van der Waals surface area contributed by atoms with Crippen LogP contribution in [0.25, 0.3) is 10.2 Å². The van der Waals surface area contributed by atoms with Gasteiger partial charge in [0.25, 0.3) is 5.91 Å². The van der Waals surface area contributed by atoms with Crippen molar-refractivity contribution in [3.05, 3.63) is 48.0 Å². The number of ether oxygens (including phenoxy) is 1. The van der Waals surface area contributed by atoms with E-state index in [4.69, 9.17) is 4.74 Å². The molecule has 1 N–H and O–H groups in total. The zero-order chi connectivity index (χ0) is 21.5. The average Bonchev–Trinajstić information content (AvgIpc) is 3.31. The Labute approximate surface area is 183 Å². The van der Waals surface area contributed by atoms with Crippen LogP contribution in [0.15, 0.2) is 42.5 Å². The third-order valence-electron chi connectivity index (χ3n) is 6.02. The van der Waals surface area contributed by atoms with Crippen LogP contribution in [0.2, 0.25) is 0 Å². The molecule has 1 saturated carbocycles. The molecule has 1 aliphatic heterocycles. The lowest BCUT2D eigenvalue weighted by Crippen LogP contribution is -2.31. The van der Waals surface area contributed by atoms with Gasteiger partial charge in [-0.1, -0.05) is 30.2 Å². The maximum Gasteiger partial charge on any atom is 0.257 e. The molecule has 2 fully saturated rings. The van der Waals surface area contributed by atoms with Crippen LogP contribution in [0, 0.1) is 11.8 Å². The lowest BCUT2D eigenvalue weighted by Gasteiger charge is -2.19. The first kappa shape index (κ1) is 19.7. The zero-order valence-electron chi connectivity index (χ0n) is 17.0. The summed E-state index contributed by atoms with van der Waals surface area (Å²) < 4.78 is 6.13. The van der Waals surface area contributed by atoms with Gasteiger partial charge < -0.3 is 4.74 Å². The van der Waals surface area contributed by atoms with E-state index < -0.39 is 0 Å². The van der Waals surface area contributed by atoms with Crippen LogP contribution in [0.3, 0.4) is 0 Å². The SMILES string of the molecule is COc1ccc2nc(NC(=O)c3cccc(N4C(=O)[C@H]5CCCC[C@H]5C4=O)c3)sc2c1. The zero-order valence-corrected chi connectivity index (χ0v) is 17.8. The molecule has 5 rings (SSSR count). The highest BCUT2D eigenvalue weighted by molar-refractivity contribution is 7.22. The molecule has 0 radical (unpaired) electrons. The van der Waals surface area contributed by atoms with Gasteiger partial charge in [-0.05, 0) is 49.2 Å². The summed E-state index contributed by atoms with van der Waals surface area (Å²) in [7, 11) is 1.60. The van der Waals surface area contributed by atoms with Gasteiger partial charge in [0.15, 0.2) is 5.13 Å². The molecule has 3 aromatic rings. The molecule has 3 amide bonds. The highest BCUT2D eigenvalue weighted by atomic mass is 32.1. The molecule has 158 valence electrons. The molecule has 0 spiro atoms. The first-order valence-electron chi connectivity index (χ1n) is 10.3. The number of carbonyl (C=O) groups excluding carboxylic acids is 3. The van der Waals surface area contributed by atoms with Gasteiger partial charge in [-0.3, -0.25) is 24.6 Å². The number of imide groups is 1. The summed E-state index contributed by atoms with van der Waals surface area (Å²) in [6, 6.07) is 12.2. The van der Waals surface area contributed by atoms with E-state index in [0.717, 1.165) is 41.6 Å². The summed E-state index contributed by atoms with van der Waals surface area (Å²) in [6.07, 6.45) is 3.47. The van der Waals surface area contributed by atoms with E-state index in [1.165, 1.54) is 16.2 Å². The number of nitrogens with one attached hydrogen (secondary N) is 1. The van der Waals surface area contributed by atoms with Crippen molar-refractivity contribution in [2.24, 2.45) is 11.8 Å². The van der Waals surface area contributed by atoms with Crippen LogP contribution < -0.4 is 15.0 Å². The number of anilines is 2. The summed E-state index contributed by atoms with van der Waals surface area (Å²) in [5, 5.41) is 3.28. The molecule has 7 nitrogen and oxygen atoms in total. The van der Waals surface area contributed by atoms with Crippen molar-refractivity contribution in [1.29, 1.82) is 0 Å². The van der Waals surface area contributed by atoms with Crippen LogP contribution in [0.4, 0.5) is 10.8 Å². The fourth-order valence-electron chi connectivity index (χ4n) is 4.46. The van der Waals surface area contributed by atoms with Crippen LogP contribution in [-0.4, -0.2) is 29.8 Å². The third kappa shape index (κ3) is 3.46. The van der Waals surface area contributed by atoms with Crippen LogP contribution in [-0.2, 0) is 9.59 Å². The number of carbonyl (C=O) groups is 3. The van der Waals surface area contributed by atoms with Crippen LogP contribution in [0.5, 0.6) is 5.75 Å². The first-order chi connectivity index (χ1) is 15.0. The number of amides is 3. The molecule has 2 heterocycles. The van der Waals surface area contributed by atoms with E-state index in [0.29, 0.717) is 16.4 Å². The third-order valence-corrected chi connectivity index (χ3v) is 6.96. The maximum atomic E-state index is 12.9. The lowest BCUT2D eigenvalue weighted by atomic mass is 9.81. The Kier molecular flexibility index (Phi) is 4.94. The number of fused-ring (bicyclic) bond motifs is 2. The fourth-order valence-corrected chi connectivity index (χ4v) is 5.35. The summed E-state index contributed by atoms with van der Waals surface area (Å²) in [6.45, 7) is 0. The molecule has 2 aliphatic rings. The summed E-state index contributed by atoms with van der Waals surface area (Å²) in [5.41, 5.74) is 1.58. The number of methoxy groups -OCH3 is 1. The van der Waals surface area contributed by atoms with Crippen molar-refractivity contribution in [1.82, 2.24) is 4.98 Å². The second kappa shape index (κ2) is 7.77. The first-order valence-corrected chi connectivity index (χ1v) is 11.1. The summed E-state index contributed by atoms with van der Waals surface area (Å²) >= 11 is 1.35. The van der Waals surface area contributed by atoms with Crippen molar-refractivity contribution in [2.45, 2.75) is 25.7 Å². The highest BCUT2D eigenvalue weighted by Gasteiger charge is 2.48. The fraction of sp³-hybridized carbons (Fsp3) is 0.304. The van der Waals surface area contributed by atoms with Gasteiger partial charge in [0.1, 0.15) is 5.75 Å². The number of benzene rings is 2. The van der Waals surface area contributed by atoms with Gasteiger partial charge >= 0.3 is 0 Å². The molecule has 1 aliphatic carbocycles. The van der Waals surface area contributed by atoms with Gasteiger partial charge in [0, 0.05) is 5.56 Å². The van der Waals surface area contributed by atoms with Crippen molar-refractivity contribution in [3.8, 4) is 5.75 Å². The molecule has 2 aromatic carbocycles. The van der Waals surface area contributed by atoms with Crippen molar-refractivity contribution >= 4 is 50.1 Å². The van der Waals surface area contributed by atoms with Gasteiger partial charge in [0.2, 0.25) is 11.8 Å². The summed E-state index contributed by atoms with van der Waals surface area (Å²) in [4.78, 5) is 44.3. The van der Waals surface area contributed by atoms with Crippen LogP contribution >= 0.6 is 11.3 Å². The monoisotopic (exact) mass is 435 g/mol. The Hall–Kier alpha value is -3.26. The molecule has 31 heavy (non-hydrogen) atoms. The molecular weight excluding hydrogens is 414 g/mol. The number of thiazole rings is 1. The minimum Gasteiger partial charge on any atom is -0.497 e. The van der Waals surface area contributed by atoms with Crippen molar-refractivity contribution in [2.75, 3.05) is 17.3 Å². The van der Waals surface area contributed by atoms with Gasteiger partial charge in [0.05, 0.1) is 34.8 Å². The maximum absolute atomic E-state index is 12.9. The number of aromatic nitrogens is 1. The smallest absolute Gasteiger partial charge is 0.257 e. The van der Waals surface area contributed by atoms with Gasteiger partial charge in [-0.25, -0.2) is 4.98 Å². The number of rotatable bonds is 4. The Morgan fingerprint density at radius 2 is 1.84 bits per heavy atom. The van der Waals surface area contributed by atoms with E-state index in [1.54, 1.807) is 31.4 Å². The van der Waals surface area contributed by atoms with E-state index in [-0.39, 0.29) is 29.6 Å².